The molecule has 0 aliphatic heterocycles. The van der Waals surface area contributed by atoms with Gasteiger partial charge >= 0.3 is 0 Å². The van der Waals surface area contributed by atoms with Gasteiger partial charge in [0.15, 0.2) is 0 Å². The van der Waals surface area contributed by atoms with Crippen molar-refractivity contribution < 1.29 is 9.90 Å². The first-order valence-electron chi connectivity index (χ1n) is 5.40. The quantitative estimate of drug-likeness (QED) is 0.745. The summed E-state index contributed by atoms with van der Waals surface area (Å²) in [6.45, 7) is 4.02. The van der Waals surface area contributed by atoms with Crippen molar-refractivity contribution in [1.29, 1.82) is 0 Å². The Balaban J connectivity index is 2.80. The van der Waals surface area contributed by atoms with Crippen LogP contribution in [0.3, 0.4) is 0 Å². The number of hydrogen-bond acceptors (Lipinski definition) is 3. The first-order valence-corrected chi connectivity index (χ1v) is 6.16. The Hall–Kier alpha value is -0.970. The molecule has 0 heterocycles. The third kappa shape index (κ3) is 3.77. The summed E-state index contributed by atoms with van der Waals surface area (Å²) in [6.07, 6.45) is 0. The number of nitrogens with two attached hydrogens (primary N) is 1. The molecule has 0 radical (unpaired) electrons. The van der Waals surface area contributed by atoms with E-state index in [1.165, 1.54) is 12.1 Å². The molecule has 100 valence electrons. The van der Waals surface area contributed by atoms with Crippen molar-refractivity contribution in [3.8, 4) is 0 Å². The fourth-order valence-corrected chi connectivity index (χ4v) is 1.68. The lowest BCUT2D eigenvalue weighted by Crippen LogP contribution is -2.36. The lowest BCUT2D eigenvalue weighted by Gasteiger charge is -2.21. The summed E-state index contributed by atoms with van der Waals surface area (Å²) in [5.41, 5.74) is 5.80. The molecule has 1 amide bonds. The zero-order valence-electron chi connectivity index (χ0n) is 10.3. The van der Waals surface area contributed by atoms with Gasteiger partial charge in [-0.1, -0.05) is 37.0 Å². The molecule has 1 rings (SSSR count). The van der Waals surface area contributed by atoms with Gasteiger partial charge in [-0.15, -0.1) is 0 Å². The zero-order valence-corrected chi connectivity index (χ0v) is 11.8. The molecule has 0 fully saturated rings. The number of nitrogen functional groups attached to an aromatic ring is 1. The number of hydrogen-bond donors (Lipinski definition) is 3. The number of benzene rings is 1. The summed E-state index contributed by atoms with van der Waals surface area (Å²) in [5, 5.41) is 12.3. The summed E-state index contributed by atoms with van der Waals surface area (Å²) < 4.78 is 0. The first kappa shape index (κ1) is 15.1. The maximum absolute atomic E-state index is 11.9. The van der Waals surface area contributed by atoms with E-state index in [0.29, 0.717) is 12.1 Å². The van der Waals surface area contributed by atoms with Crippen LogP contribution in [-0.4, -0.2) is 24.2 Å². The van der Waals surface area contributed by atoms with E-state index in [9.17, 15) is 4.79 Å². The van der Waals surface area contributed by atoms with E-state index in [1.54, 1.807) is 0 Å². The molecule has 0 aliphatic rings. The maximum Gasteiger partial charge on any atom is 0.251 e. The summed E-state index contributed by atoms with van der Waals surface area (Å²) in [7, 11) is 0. The van der Waals surface area contributed by atoms with E-state index >= 15 is 0 Å². The number of halogens is 2. The molecule has 1 aromatic rings. The average molecular weight is 291 g/mol. The van der Waals surface area contributed by atoms with Crippen molar-refractivity contribution in [1.82, 2.24) is 5.32 Å². The van der Waals surface area contributed by atoms with Crippen LogP contribution in [0.25, 0.3) is 0 Å². The topological polar surface area (TPSA) is 75.3 Å². The van der Waals surface area contributed by atoms with Crippen LogP contribution < -0.4 is 11.1 Å². The van der Waals surface area contributed by atoms with E-state index < -0.39 is 0 Å². The van der Waals surface area contributed by atoms with Gasteiger partial charge in [0, 0.05) is 24.1 Å². The molecule has 0 saturated heterocycles. The molecular weight excluding hydrogens is 275 g/mol. The lowest BCUT2D eigenvalue weighted by molar-refractivity contribution is 0.0911. The Morgan fingerprint density at radius 3 is 2.33 bits per heavy atom. The number of rotatable bonds is 4. The average Bonchev–Trinajstić information content (AvgIpc) is 2.32. The van der Waals surface area contributed by atoms with E-state index in [0.717, 1.165) is 0 Å². The second-order valence-electron chi connectivity index (χ2n) is 4.86. The highest BCUT2D eigenvalue weighted by molar-refractivity contribution is 6.39. The van der Waals surface area contributed by atoms with Crippen molar-refractivity contribution in [2.24, 2.45) is 5.41 Å². The van der Waals surface area contributed by atoms with Crippen LogP contribution in [0.2, 0.25) is 10.0 Å². The molecule has 0 aliphatic carbocycles. The molecule has 0 atom stereocenters. The van der Waals surface area contributed by atoms with Crippen molar-refractivity contribution >= 4 is 34.8 Å². The number of carbonyl (C=O) groups excluding carboxylic acids is 1. The molecule has 18 heavy (non-hydrogen) atoms. The van der Waals surface area contributed by atoms with Crippen LogP contribution in [0.1, 0.15) is 24.2 Å². The molecule has 4 nitrogen and oxygen atoms in total. The minimum atomic E-state index is -0.378. The second-order valence-corrected chi connectivity index (χ2v) is 5.67. The maximum atomic E-state index is 11.9. The fraction of sp³-hybridized carbons (Fsp3) is 0.417. The highest BCUT2D eigenvalue weighted by atomic mass is 35.5. The Bertz CT molecular complexity index is 438. The highest BCUT2D eigenvalue weighted by Gasteiger charge is 2.18. The number of carbonyl (C=O) groups is 1. The minimum Gasteiger partial charge on any atom is -0.396 e. The Labute approximate surface area is 116 Å². The van der Waals surface area contributed by atoms with Gasteiger partial charge in [0.25, 0.3) is 5.91 Å². The number of anilines is 1. The van der Waals surface area contributed by atoms with E-state index in [4.69, 9.17) is 34.0 Å². The van der Waals surface area contributed by atoms with E-state index in [2.05, 4.69) is 5.32 Å². The molecule has 0 unspecified atom stereocenters. The van der Waals surface area contributed by atoms with Gasteiger partial charge < -0.3 is 16.2 Å². The zero-order chi connectivity index (χ0) is 13.9. The molecule has 0 saturated carbocycles. The number of amides is 1. The predicted molar refractivity (Wildman–Crippen MR) is 74.1 cm³/mol. The molecule has 0 spiro atoms. The van der Waals surface area contributed by atoms with Crippen molar-refractivity contribution in [3.63, 3.8) is 0 Å². The smallest absolute Gasteiger partial charge is 0.251 e. The standard InChI is InChI=1S/C12H16Cl2N2O2/c1-12(2,6-17)5-16-11(18)7-3-8(13)10(15)9(14)4-7/h3-4,17H,5-6,15H2,1-2H3,(H,16,18). The molecule has 1 aromatic carbocycles. The molecule has 4 N–H and O–H groups in total. The van der Waals surface area contributed by atoms with Crippen LogP contribution in [-0.2, 0) is 0 Å². The Morgan fingerprint density at radius 1 is 1.39 bits per heavy atom. The van der Waals surface area contributed by atoms with Crippen LogP contribution in [0.15, 0.2) is 12.1 Å². The van der Waals surface area contributed by atoms with Gasteiger partial charge in [-0.25, -0.2) is 0 Å². The van der Waals surface area contributed by atoms with E-state index in [1.807, 2.05) is 13.8 Å². The summed E-state index contributed by atoms with van der Waals surface area (Å²) in [6, 6.07) is 2.92. The van der Waals surface area contributed by atoms with Crippen LogP contribution in [0.5, 0.6) is 0 Å². The number of aliphatic hydroxyl groups excluding tert-OH is 1. The lowest BCUT2D eigenvalue weighted by atomic mass is 9.95. The summed E-state index contributed by atoms with van der Waals surface area (Å²) >= 11 is 11.7. The van der Waals surface area contributed by atoms with Crippen molar-refractivity contribution in [2.45, 2.75) is 13.8 Å². The largest absolute Gasteiger partial charge is 0.396 e. The van der Waals surface area contributed by atoms with Gasteiger partial charge in [0.1, 0.15) is 0 Å². The monoisotopic (exact) mass is 290 g/mol. The third-order valence-electron chi connectivity index (χ3n) is 2.50. The van der Waals surface area contributed by atoms with Gasteiger partial charge in [0.2, 0.25) is 0 Å². The summed E-state index contributed by atoms with van der Waals surface area (Å²) in [4.78, 5) is 11.9. The van der Waals surface area contributed by atoms with Gasteiger partial charge in [-0.3, -0.25) is 4.79 Å². The van der Waals surface area contributed by atoms with Crippen LogP contribution in [0, 0.1) is 5.41 Å². The Morgan fingerprint density at radius 2 is 1.89 bits per heavy atom. The highest BCUT2D eigenvalue weighted by Crippen LogP contribution is 2.28. The van der Waals surface area contributed by atoms with Gasteiger partial charge in [0.05, 0.1) is 15.7 Å². The normalized spacial score (nSPS) is 11.4. The molecule has 0 aromatic heterocycles. The van der Waals surface area contributed by atoms with Gasteiger partial charge in [-0.05, 0) is 12.1 Å². The minimum absolute atomic E-state index is 0.0173. The number of aliphatic hydroxyl groups is 1. The third-order valence-corrected chi connectivity index (χ3v) is 3.12. The molecule has 6 heteroatoms. The predicted octanol–water partition coefficient (Wildman–Crippen LogP) is 2.32. The van der Waals surface area contributed by atoms with E-state index in [-0.39, 0.29) is 33.7 Å². The van der Waals surface area contributed by atoms with Crippen molar-refractivity contribution in [2.75, 3.05) is 18.9 Å². The first-order chi connectivity index (χ1) is 8.26. The van der Waals surface area contributed by atoms with Crippen LogP contribution >= 0.6 is 23.2 Å². The van der Waals surface area contributed by atoms with Gasteiger partial charge in [-0.2, -0.15) is 0 Å². The van der Waals surface area contributed by atoms with Crippen molar-refractivity contribution in [3.05, 3.63) is 27.7 Å². The number of nitrogens with one attached hydrogen (secondary N) is 1. The molecular formula is C12H16Cl2N2O2. The summed E-state index contributed by atoms with van der Waals surface area (Å²) in [5.74, 6) is -0.305. The van der Waals surface area contributed by atoms with Crippen LogP contribution in [0.4, 0.5) is 5.69 Å². The second kappa shape index (κ2) is 5.78. The SMILES string of the molecule is CC(C)(CO)CNC(=O)c1cc(Cl)c(N)c(Cl)c1. The Kier molecular flexibility index (Phi) is 4.85. The molecule has 0 bridgehead atoms. The fourth-order valence-electron chi connectivity index (χ4n) is 1.19.